The number of aromatic amines is 1. The highest BCUT2D eigenvalue weighted by Crippen LogP contribution is 2.45. The van der Waals surface area contributed by atoms with E-state index in [1.165, 1.54) is 4.90 Å². The number of nitrogens with one attached hydrogen (secondary N) is 1. The van der Waals surface area contributed by atoms with Crippen LogP contribution in [0.15, 0.2) is 36.4 Å². The van der Waals surface area contributed by atoms with Gasteiger partial charge < -0.3 is 29.0 Å². The molecule has 2 aromatic carbocycles. The number of amides is 2. The van der Waals surface area contributed by atoms with Gasteiger partial charge in [-0.25, -0.2) is 0 Å². The summed E-state index contributed by atoms with van der Waals surface area (Å²) in [5.41, 5.74) is 3.77. The number of piperazine rings is 1. The first-order chi connectivity index (χ1) is 15.0. The molecule has 0 aliphatic carbocycles. The number of hydrogen-bond acceptors (Lipinski definition) is 5. The average molecular weight is 419 g/mol. The van der Waals surface area contributed by atoms with Crippen LogP contribution in [0.2, 0.25) is 0 Å². The monoisotopic (exact) mass is 419 g/mol. The SMILES string of the molecule is COc1ccc2c3c([nH]c2c1)[C@@H](c1ccc2c(c1)OCO2)N1C(=O)CN(C)C(=O)[C@H]1C3. The predicted octanol–water partition coefficient (Wildman–Crippen LogP) is 2.22. The number of aromatic nitrogens is 1. The van der Waals surface area contributed by atoms with Crippen LogP contribution in [0.3, 0.4) is 0 Å². The molecule has 1 fully saturated rings. The molecule has 0 radical (unpaired) electrons. The summed E-state index contributed by atoms with van der Waals surface area (Å²) in [4.78, 5) is 33.0. The minimum Gasteiger partial charge on any atom is -0.497 e. The van der Waals surface area contributed by atoms with Gasteiger partial charge in [0.1, 0.15) is 11.8 Å². The van der Waals surface area contributed by atoms with E-state index < -0.39 is 12.1 Å². The fourth-order valence-electron chi connectivity index (χ4n) is 5.00. The van der Waals surface area contributed by atoms with Gasteiger partial charge in [0.15, 0.2) is 11.5 Å². The largest absolute Gasteiger partial charge is 0.497 e. The molecular formula is C23H21N3O5. The first kappa shape index (κ1) is 18.1. The van der Waals surface area contributed by atoms with E-state index in [0.717, 1.165) is 33.5 Å². The van der Waals surface area contributed by atoms with Gasteiger partial charge in [0.2, 0.25) is 18.6 Å². The molecular weight excluding hydrogens is 398 g/mol. The molecule has 1 aromatic heterocycles. The standard InChI is InChI=1S/C23H21N3O5/c1-25-10-20(27)26-17(23(25)28)9-15-14-5-4-13(29-2)8-16(14)24-21(15)22(26)12-3-6-18-19(7-12)31-11-30-18/h3-8,17,22,24H,9-11H2,1-2H3/t17-,22-/m1/s1. The third-order valence-electron chi connectivity index (χ3n) is 6.47. The first-order valence-corrected chi connectivity index (χ1v) is 10.2. The average Bonchev–Trinajstić information content (AvgIpc) is 3.39. The van der Waals surface area contributed by atoms with Crippen LogP contribution in [0.1, 0.15) is 22.9 Å². The third-order valence-corrected chi connectivity index (χ3v) is 6.47. The maximum absolute atomic E-state index is 13.2. The zero-order valence-electron chi connectivity index (χ0n) is 17.2. The number of hydrogen-bond donors (Lipinski definition) is 1. The van der Waals surface area contributed by atoms with Crippen molar-refractivity contribution < 1.29 is 23.8 Å². The number of rotatable bonds is 2. The van der Waals surface area contributed by atoms with Crippen molar-refractivity contribution in [2.24, 2.45) is 0 Å². The molecule has 4 heterocycles. The lowest BCUT2D eigenvalue weighted by Gasteiger charge is -2.46. The third kappa shape index (κ3) is 2.54. The van der Waals surface area contributed by atoms with Crippen molar-refractivity contribution in [3.63, 3.8) is 0 Å². The van der Waals surface area contributed by atoms with Gasteiger partial charge in [-0.05, 0) is 35.4 Å². The van der Waals surface area contributed by atoms with Crippen LogP contribution in [0, 0.1) is 0 Å². The van der Waals surface area contributed by atoms with Crippen molar-refractivity contribution in [3.8, 4) is 17.2 Å². The van der Waals surface area contributed by atoms with Crippen LogP contribution in [0.25, 0.3) is 10.9 Å². The van der Waals surface area contributed by atoms with E-state index in [1.807, 2.05) is 36.4 Å². The Balaban J connectivity index is 1.58. The van der Waals surface area contributed by atoms with Gasteiger partial charge in [0.05, 0.1) is 19.7 Å². The Kier molecular flexibility index (Phi) is 3.74. The highest BCUT2D eigenvalue weighted by atomic mass is 16.7. The van der Waals surface area contributed by atoms with Gasteiger partial charge in [0.25, 0.3) is 0 Å². The maximum Gasteiger partial charge on any atom is 0.245 e. The summed E-state index contributed by atoms with van der Waals surface area (Å²) in [6.45, 7) is 0.245. The molecule has 3 aliphatic heterocycles. The molecule has 8 heteroatoms. The molecule has 6 rings (SSSR count). The highest BCUT2D eigenvalue weighted by Gasteiger charge is 2.47. The van der Waals surface area contributed by atoms with Crippen LogP contribution in [0.5, 0.6) is 17.2 Å². The van der Waals surface area contributed by atoms with E-state index in [2.05, 4.69) is 4.98 Å². The second-order valence-electron chi connectivity index (χ2n) is 8.16. The smallest absolute Gasteiger partial charge is 0.245 e. The van der Waals surface area contributed by atoms with Crippen molar-refractivity contribution in [2.45, 2.75) is 18.5 Å². The Morgan fingerprint density at radius 3 is 2.77 bits per heavy atom. The van der Waals surface area contributed by atoms with Crippen molar-refractivity contribution in [1.29, 1.82) is 0 Å². The molecule has 31 heavy (non-hydrogen) atoms. The summed E-state index contributed by atoms with van der Waals surface area (Å²) in [6.07, 6.45) is 0.470. The van der Waals surface area contributed by atoms with E-state index in [-0.39, 0.29) is 25.2 Å². The summed E-state index contributed by atoms with van der Waals surface area (Å²) in [6, 6.07) is 10.6. The van der Waals surface area contributed by atoms with Crippen LogP contribution in [-0.4, -0.2) is 60.1 Å². The van der Waals surface area contributed by atoms with Crippen LogP contribution >= 0.6 is 0 Å². The fourth-order valence-corrected chi connectivity index (χ4v) is 5.00. The van der Waals surface area contributed by atoms with Crippen molar-refractivity contribution >= 4 is 22.7 Å². The highest BCUT2D eigenvalue weighted by molar-refractivity contribution is 5.97. The van der Waals surface area contributed by atoms with Crippen LogP contribution in [-0.2, 0) is 16.0 Å². The molecule has 0 bridgehead atoms. The number of carbonyl (C=O) groups excluding carboxylic acids is 2. The van der Waals surface area contributed by atoms with Crippen molar-refractivity contribution in [3.05, 3.63) is 53.2 Å². The number of carbonyl (C=O) groups is 2. The number of ether oxygens (including phenoxy) is 3. The van der Waals surface area contributed by atoms with E-state index in [9.17, 15) is 9.59 Å². The number of methoxy groups -OCH3 is 1. The van der Waals surface area contributed by atoms with E-state index in [1.54, 1.807) is 19.1 Å². The minimum atomic E-state index is -0.546. The number of nitrogens with zero attached hydrogens (tertiary/aromatic N) is 2. The zero-order valence-corrected chi connectivity index (χ0v) is 17.2. The van der Waals surface area contributed by atoms with Gasteiger partial charge in [-0.1, -0.05) is 6.07 Å². The quantitative estimate of drug-likeness (QED) is 0.689. The molecule has 3 aliphatic rings. The van der Waals surface area contributed by atoms with E-state index >= 15 is 0 Å². The lowest BCUT2D eigenvalue weighted by atomic mass is 9.86. The Bertz CT molecular complexity index is 1250. The van der Waals surface area contributed by atoms with Gasteiger partial charge in [0, 0.05) is 36.1 Å². The number of H-pyrrole nitrogens is 1. The van der Waals surface area contributed by atoms with Crippen molar-refractivity contribution in [2.75, 3.05) is 27.5 Å². The lowest BCUT2D eigenvalue weighted by molar-refractivity contribution is -0.157. The summed E-state index contributed by atoms with van der Waals surface area (Å²) < 4.78 is 16.4. The lowest BCUT2D eigenvalue weighted by Crippen LogP contribution is -2.62. The fraction of sp³-hybridized carbons (Fsp3) is 0.304. The number of benzene rings is 2. The second kappa shape index (κ2) is 6.41. The minimum absolute atomic E-state index is 0.0427. The van der Waals surface area contributed by atoms with Gasteiger partial charge >= 0.3 is 0 Å². The molecule has 8 nitrogen and oxygen atoms in total. The molecule has 1 saturated heterocycles. The molecule has 2 atom stereocenters. The number of fused-ring (bicyclic) bond motifs is 5. The Morgan fingerprint density at radius 2 is 1.94 bits per heavy atom. The topological polar surface area (TPSA) is 84.1 Å². The van der Waals surface area contributed by atoms with Gasteiger partial charge in [-0.15, -0.1) is 0 Å². The molecule has 0 spiro atoms. The Morgan fingerprint density at radius 1 is 1.10 bits per heavy atom. The van der Waals surface area contributed by atoms with E-state index in [4.69, 9.17) is 14.2 Å². The van der Waals surface area contributed by atoms with Crippen LogP contribution < -0.4 is 14.2 Å². The Hall–Kier alpha value is -3.68. The zero-order chi connectivity index (χ0) is 21.3. The summed E-state index contributed by atoms with van der Waals surface area (Å²) >= 11 is 0. The normalized spacial score (nSPS) is 22.0. The molecule has 3 aromatic rings. The Labute approximate surface area is 178 Å². The summed E-state index contributed by atoms with van der Waals surface area (Å²) in [7, 11) is 3.32. The van der Waals surface area contributed by atoms with E-state index in [0.29, 0.717) is 17.9 Å². The predicted molar refractivity (Wildman–Crippen MR) is 111 cm³/mol. The molecule has 0 saturated carbocycles. The molecule has 158 valence electrons. The van der Waals surface area contributed by atoms with Crippen molar-refractivity contribution in [1.82, 2.24) is 14.8 Å². The first-order valence-electron chi connectivity index (χ1n) is 10.2. The maximum atomic E-state index is 13.2. The summed E-state index contributed by atoms with van der Waals surface area (Å²) in [5.74, 6) is 1.95. The van der Waals surface area contributed by atoms with Crippen LogP contribution in [0.4, 0.5) is 0 Å². The molecule has 0 unspecified atom stereocenters. The molecule has 2 amide bonds. The number of likely N-dealkylation sites (N-methyl/N-ethyl adjacent to an activating group) is 1. The summed E-state index contributed by atoms with van der Waals surface area (Å²) in [5, 5.41) is 1.04. The second-order valence-corrected chi connectivity index (χ2v) is 8.16. The van der Waals surface area contributed by atoms with Gasteiger partial charge in [-0.3, -0.25) is 9.59 Å². The van der Waals surface area contributed by atoms with Gasteiger partial charge in [-0.2, -0.15) is 0 Å². The molecule has 1 N–H and O–H groups in total.